The molecule has 1 aliphatic rings. The van der Waals surface area contributed by atoms with Crippen molar-refractivity contribution in [3.8, 4) is 0 Å². The molecule has 0 aromatic rings. The number of aliphatic hydroxyl groups excluding tert-OH is 1. The second kappa shape index (κ2) is 3.30. The predicted octanol–water partition coefficient (Wildman–Crippen LogP) is 2.14. The molecule has 2 nitrogen and oxygen atoms in total. The Morgan fingerprint density at radius 3 is 3.00 bits per heavy atom. The van der Waals surface area contributed by atoms with Gasteiger partial charge in [-0.1, -0.05) is 0 Å². The van der Waals surface area contributed by atoms with Crippen LogP contribution >= 0.6 is 0 Å². The molecule has 0 bridgehead atoms. The third kappa shape index (κ3) is 1.79. The minimum atomic E-state index is 0.467. The van der Waals surface area contributed by atoms with Gasteiger partial charge < -0.3 is 9.84 Å². The van der Waals surface area contributed by atoms with Gasteiger partial charge in [-0.25, -0.2) is 0 Å². The van der Waals surface area contributed by atoms with Gasteiger partial charge in [0.1, 0.15) is 0 Å². The maximum absolute atomic E-state index is 9.07. The van der Waals surface area contributed by atoms with Gasteiger partial charge in [-0.15, -0.1) is 0 Å². The van der Waals surface area contributed by atoms with E-state index >= 15 is 0 Å². The Hall–Kier alpha value is -0.920. The maximum Gasteiger partial charge on any atom is 0.0926 e. The van der Waals surface area contributed by atoms with E-state index in [0.717, 1.165) is 24.8 Å². The first-order valence-electron chi connectivity index (χ1n) is 3.44. The van der Waals surface area contributed by atoms with Crippen LogP contribution in [0, 0.1) is 0 Å². The molecule has 0 heterocycles. The lowest BCUT2D eigenvalue weighted by Crippen LogP contribution is -1.93. The fraction of sp³-hybridized carbons (Fsp3) is 0.500. The molecule has 0 aromatic carbocycles. The zero-order valence-corrected chi connectivity index (χ0v) is 6.13. The van der Waals surface area contributed by atoms with Gasteiger partial charge in [-0.05, 0) is 24.5 Å². The number of hydrogen-bond acceptors (Lipinski definition) is 2. The van der Waals surface area contributed by atoms with E-state index in [1.54, 1.807) is 19.4 Å². The lowest BCUT2D eigenvalue weighted by Gasteiger charge is -2.09. The second-order valence-corrected chi connectivity index (χ2v) is 2.42. The summed E-state index contributed by atoms with van der Waals surface area (Å²) < 4.78 is 4.81. The van der Waals surface area contributed by atoms with E-state index in [1.807, 2.05) is 0 Å². The SMILES string of the molecule is COC=C1C=C(O)CCC1. The summed E-state index contributed by atoms with van der Waals surface area (Å²) in [6, 6.07) is 0. The van der Waals surface area contributed by atoms with Crippen molar-refractivity contribution in [1.29, 1.82) is 0 Å². The number of hydrogen-bond donors (Lipinski definition) is 1. The molecule has 0 saturated carbocycles. The molecule has 0 amide bonds. The third-order valence-corrected chi connectivity index (χ3v) is 1.52. The highest BCUT2D eigenvalue weighted by molar-refractivity contribution is 5.21. The molecule has 1 aliphatic carbocycles. The lowest BCUT2D eigenvalue weighted by molar-refractivity contribution is 0.329. The highest BCUT2D eigenvalue weighted by atomic mass is 16.5. The summed E-state index contributed by atoms with van der Waals surface area (Å²) >= 11 is 0. The minimum absolute atomic E-state index is 0.467. The van der Waals surface area contributed by atoms with Gasteiger partial charge in [-0.3, -0.25) is 0 Å². The van der Waals surface area contributed by atoms with Crippen LogP contribution in [0.4, 0.5) is 0 Å². The summed E-state index contributed by atoms with van der Waals surface area (Å²) in [5.74, 6) is 0.467. The van der Waals surface area contributed by atoms with Gasteiger partial charge in [-0.2, -0.15) is 0 Å². The molecular weight excluding hydrogens is 128 g/mol. The summed E-state index contributed by atoms with van der Waals surface area (Å²) in [6.07, 6.45) is 6.29. The normalized spacial score (nSPS) is 22.5. The molecule has 0 aromatic heterocycles. The quantitative estimate of drug-likeness (QED) is 0.565. The fourth-order valence-electron chi connectivity index (χ4n) is 1.08. The van der Waals surface area contributed by atoms with E-state index < -0.39 is 0 Å². The van der Waals surface area contributed by atoms with E-state index in [9.17, 15) is 0 Å². The Balaban J connectivity index is 2.62. The van der Waals surface area contributed by atoms with Crippen LogP contribution < -0.4 is 0 Å². The minimum Gasteiger partial charge on any atom is -0.512 e. The van der Waals surface area contributed by atoms with Gasteiger partial charge in [0.2, 0.25) is 0 Å². The van der Waals surface area contributed by atoms with Crippen molar-refractivity contribution >= 4 is 0 Å². The molecule has 0 unspecified atom stereocenters. The number of allylic oxidation sites excluding steroid dienone is 3. The zero-order chi connectivity index (χ0) is 7.40. The van der Waals surface area contributed by atoms with E-state index in [2.05, 4.69) is 0 Å². The van der Waals surface area contributed by atoms with Crippen LogP contribution in [0.25, 0.3) is 0 Å². The average Bonchev–Trinajstić information content (AvgIpc) is 1.88. The van der Waals surface area contributed by atoms with E-state index in [1.165, 1.54) is 0 Å². The van der Waals surface area contributed by atoms with Crippen molar-refractivity contribution in [1.82, 2.24) is 0 Å². The molecule has 2 heteroatoms. The lowest BCUT2D eigenvalue weighted by atomic mass is 10.0. The number of ether oxygens (including phenoxy) is 1. The van der Waals surface area contributed by atoms with Gasteiger partial charge in [0.05, 0.1) is 19.1 Å². The monoisotopic (exact) mass is 140 g/mol. The second-order valence-electron chi connectivity index (χ2n) is 2.42. The Kier molecular flexibility index (Phi) is 2.37. The van der Waals surface area contributed by atoms with Crippen LogP contribution in [-0.2, 0) is 4.74 Å². The number of rotatable bonds is 1. The predicted molar refractivity (Wildman–Crippen MR) is 39.7 cm³/mol. The molecule has 0 aliphatic heterocycles. The van der Waals surface area contributed by atoms with Crippen molar-refractivity contribution in [2.24, 2.45) is 0 Å². The van der Waals surface area contributed by atoms with Crippen molar-refractivity contribution < 1.29 is 9.84 Å². The van der Waals surface area contributed by atoms with Gasteiger partial charge in [0, 0.05) is 6.42 Å². The van der Waals surface area contributed by atoms with Crippen molar-refractivity contribution in [3.05, 3.63) is 23.7 Å². The Morgan fingerprint density at radius 1 is 1.60 bits per heavy atom. The molecule has 0 radical (unpaired) electrons. The first-order valence-corrected chi connectivity index (χ1v) is 3.44. The molecule has 56 valence electrons. The Bertz CT molecular complexity index is 168. The molecule has 1 N–H and O–H groups in total. The molecule has 0 spiro atoms. The summed E-state index contributed by atoms with van der Waals surface area (Å²) in [7, 11) is 1.62. The fourth-order valence-corrected chi connectivity index (χ4v) is 1.08. The van der Waals surface area contributed by atoms with Crippen LogP contribution in [0.5, 0.6) is 0 Å². The summed E-state index contributed by atoms with van der Waals surface area (Å²) in [6.45, 7) is 0. The summed E-state index contributed by atoms with van der Waals surface area (Å²) in [5, 5.41) is 9.07. The van der Waals surface area contributed by atoms with E-state index in [-0.39, 0.29) is 0 Å². The molecular formula is C8H12O2. The topological polar surface area (TPSA) is 29.5 Å². The Labute approximate surface area is 60.8 Å². The van der Waals surface area contributed by atoms with Crippen molar-refractivity contribution in [3.63, 3.8) is 0 Å². The first kappa shape index (κ1) is 7.19. The summed E-state index contributed by atoms with van der Waals surface area (Å²) in [4.78, 5) is 0. The highest BCUT2D eigenvalue weighted by Gasteiger charge is 2.04. The molecule has 0 saturated heterocycles. The molecule has 10 heavy (non-hydrogen) atoms. The van der Waals surface area contributed by atoms with Crippen LogP contribution in [0.1, 0.15) is 19.3 Å². The largest absolute Gasteiger partial charge is 0.512 e. The highest BCUT2D eigenvalue weighted by Crippen LogP contribution is 2.19. The van der Waals surface area contributed by atoms with Gasteiger partial charge in [0.25, 0.3) is 0 Å². The average molecular weight is 140 g/mol. The van der Waals surface area contributed by atoms with E-state index in [0.29, 0.717) is 5.76 Å². The Morgan fingerprint density at radius 2 is 2.40 bits per heavy atom. The van der Waals surface area contributed by atoms with Gasteiger partial charge >= 0.3 is 0 Å². The van der Waals surface area contributed by atoms with Crippen molar-refractivity contribution in [2.45, 2.75) is 19.3 Å². The molecule has 1 rings (SSSR count). The maximum atomic E-state index is 9.07. The van der Waals surface area contributed by atoms with Gasteiger partial charge in [0.15, 0.2) is 0 Å². The van der Waals surface area contributed by atoms with Crippen LogP contribution in [-0.4, -0.2) is 12.2 Å². The first-order chi connectivity index (χ1) is 4.83. The van der Waals surface area contributed by atoms with Crippen LogP contribution in [0.15, 0.2) is 23.7 Å². The van der Waals surface area contributed by atoms with Crippen LogP contribution in [0.2, 0.25) is 0 Å². The van der Waals surface area contributed by atoms with Crippen LogP contribution in [0.3, 0.4) is 0 Å². The summed E-state index contributed by atoms with van der Waals surface area (Å²) in [5.41, 5.74) is 1.08. The third-order valence-electron chi connectivity index (χ3n) is 1.52. The number of methoxy groups -OCH3 is 1. The smallest absolute Gasteiger partial charge is 0.0926 e. The molecule has 0 atom stereocenters. The number of aliphatic hydroxyl groups is 1. The standard InChI is InChI=1S/C8H12O2/c1-10-6-7-3-2-4-8(9)5-7/h5-6,9H,2-4H2,1H3. The zero-order valence-electron chi connectivity index (χ0n) is 6.13. The van der Waals surface area contributed by atoms with Crippen molar-refractivity contribution in [2.75, 3.05) is 7.11 Å². The molecule has 0 fully saturated rings. The van der Waals surface area contributed by atoms with E-state index in [4.69, 9.17) is 9.84 Å².